The third kappa shape index (κ3) is 3.59. The van der Waals surface area contributed by atoms with E-state index in [1.54, 1.807) is 0 Å². The minimum atomic E-state index is -0.628. The molecule has 2 aromatic rings. The van der Waals surface area contributed by atoms with Crippen molar-refractivity contribution >= 4 is 11.6 Å². The Kier molecular flexibility index (Phi) is 4.84. The third-order valence-electron chi connectivity index (χ3n) is 4.13. The average Bonchev–Trinajstić information content (AvgIpc) is 2.61. The SMILES string of the molecule is O=C(NCCCN1CCCc2ccccc21)c1cc(=O)c(O)co1. The van der Waals surface area contributed by atoms with Crippen LogP contribution in [0.5, 0.6) is 5.75 Å². The van der Waals surface area contributed by atoms with E-state index >= 15 is 0 Å². The van der Waals surface area contributed by atoms with E-state index in [0.717, 1.165) is 44.7 Å². The van der Waals surface area contributed by atoms with Gasteiger partial charge in [-0.2, -0.15) is 0 Å². The van der Waals surface area contributed by atoms with Crippen LogP contribution >= 0.6 is 0 Å². The average molecular weight is 328 g/mol. The Hall–Kier alpha value is -2.76. The van der Waals surface area contributed by atoms with Crippen molar-refractivity contribution in [1.29, 1.82) is 0 Å². The highest BCUT2D eigenvalue weighted by Gasteiger charge is 2.16. The summed E-state index contributed by atoms with van der Waals surface area (Å²) < 4.78 is 4.92. The Morgan fingerprint density at radius 3 is 3.00 bits per heavy atom. The van der Waals surface area contributed by atoms with E-state index in [1.807, 2.05) is 6.07 Å². The number of hydrogen-bond acceptors (Lipinski definition) is 5. The van der Waals surface area contributed by atoms with Crippen LogP contribution in [0.2, 0.25) is 0 Å². The van der Waals surface area contributed by atoms with Crippen molar-refractivity contribution in [3.05, 3.63) is 58.1 Å². The number of nitrogens with one attached hydrogen (secondary N) is 1. The van der Waals surface area contributed by atoms with Crippen LogP contribution in [0.25, 0.3) is 0 Å². The van der Waals surface area contributed by atoms with Crippen molar-refractivity contribution in [3.8, 4) is 5.75 Å². The second-order valence-corrected chi connectivity index (χ2v) is 5.82. The van der Waals surface area contributed by atoms with Crippen LogP contribution in [0.3, 0.4) is 0 Å². The van der Waals surface area contributed by atoms with E-state index in [4.69, 9.17) is 9.52 Å². The first-order valence-corrected chi connectivity index (χ1v) is 8.08. The van der Waals surface area contributed by atoms with Crippen molar-refractivity contribution in [1.82, 2.24) is 5.32 Å². The minimum Gasteiger partial charge on any atom is -0.502 e. The summed E-state index contributed by atoms with van der Waals surface area (Å²) in [5.41, 5.74) is 2.02. The topological polar surface area (TPSA) is 82.8 Å². The van der Waals surface area contributed by atoms with E-state index in [1.165, 1.54) is 11.3 Å². The first-order chi connectivity index (χ1) is 11.6. The first kappa shape index (κ1) is 16.1. The van der Waals surface area contributed by atoms with Gasteiger partial charge in [0.15, 0.2) is 11.5 Å². The van der Waals surface area contributed by atoms with Gasteiger partial charge in [-0.3, -0.25) is 9.59 Å². The molecule has 126 valence electrons. The Bertz CT molecular complexity index is 785. The van der Waals surface area contributed by atoms with Gasteiger partial charge in [0.25, 0.3) is 5.91 Å². The molecule has 1 amide bonds. The molecule has 0 saturated heterocycles. The molecule has 0 radical (unpaired) electrons. The molecule has 1 aromatic carbocycles. The normalized spacial score (nSPS) is 13.4. The van der Waals surface area contributed by atoms with Crippen LogP contribution in [-0.4, -0.2) is 30.6 Å². The maximum Gasteiger partial charge on any atom is 0.287 e. The summed E-state index contributed by atoms with van der Waals surface area (Å²) >= 11 is 0. The Morgan fingerprint density at radius 2 is 2.17 bits per heavy atom. The monoisotopic (exact) mass is 328 g/mol. The van der Waals surface area contributed by atoms with E-state index in [0.29, 0.717) is 6.54 Å². The highest BCUT2D eigenvalue weighted by molar-refractivity contribution is 5.91. The number of fused-ring (bicyclic) bond motifs is 1. The summed E-state index contributed by atoms with van der Waals surface area (Å²) in [5.74, 6) is -1.05. The van der Waals surface area contributed by atoms with Crippen molar-refractivity contribution < 1.29 is 14.3 Å². The molecule has 0 spiro atoms. The standard InChI is InChI=1S/C18H20N2O4/c21-15-11-17(24-12-16(15)22)18(23)19-8-4-10-20-9-3-6-13-5-1-2-7-14(13)20/h1-2,5,7,11-12,22H,3-4,6,8-10H2,(H,19,23). The maximum absolute atomic E-state index is 11.9. The van der Waals surface area contributed by atoms with E-state index in [2.05, 4.69) is 28.4 Å². The third-order valence-corrected chi connectivity index (χ3v) is 4.13. The highest BCUT2D eigenvalue weighted by Crippen LogP contribution is 2.26. The summed E-state index contributed by atoms with van der Waals surface area (Å²) in [6.45, 7) is 2.37. The van der Waals surface area contributed by atoms with Crippen molar-refractivity contribution in [2.75, 3.05) is 24.5 Å². The van der Waals surface area contributed by atoms with Gasteiger partial charge in [-0.25, -0.2) is 0 Å². The Labute approximate surface area is 139 Å². The van der Waals surface area contributed by atoms with Crippen LogP contribution in [0.15, 0.2) is 45.8 Å². The second kappa shape index (κ2) is 7.21. The number of hydrogen-bond donors (Lipinski definition) is 2. The number of amides is 1. The number of rotatable bonds is 5. The van der Waals surface area contributed by atoms with Crippen molar-refractivity contribution in [3.63, 3.8) is 0 Å². The fourth-order valence-electron chi connectivity index (χ4n) is 2.93. The molecule has 0 fully saturated rings. The van der Waals surface area contributed by atoms with Gasteiger partial charge < -0.3 is 19.7 Å². The van der Waals surface area contributed by atoms with Crippen LogP contribution in [-0.2, 0) is 6.42 Å². The number of anilines is 1. The number of carbonyl (C=O) groups excluding carboxylic acids is 1. The summed E-state index contributed by atoms with van der Waals surface area (Å²) in [6, 6.07) is 9.40. The smallest absolute Gasteiger partial charge is 0.287 e. The molecule has 2 heterocycles. The van der Waals surface area contributed by atoms with Gasteiger partial charge in [-0.15, -0.1) is 0 Å². The quantitative estimate of drug-likeness (QED) is 0.820. The number of aryl methyl sites for hydroxylation is 1. The lowest BCUT2D eigenvalue weighted by molar-refractivity contribution is 0.0922. The van der Waals surface area contributed by atoms with Crippen LogP contribution in [0.4, 0.5) is 5.69 Å². The van der Waals surface area contributed by atoms with Gasteiger partial charge in [0.1, 0.15) is 6.26 Å². The van der Waals surface area contributed by atoms with Gasteiger partial charge in [0.05, 0.1) is 0 Å². The molecular formula is C18H20N2O4. The molecule has 0 bridgehead atoms. The summed E-state index contributed by atoms with van der Waals surface area (Å²) in [5, 5.41) is 11.8. The van der Waals surface area contributed by atoms with Gasteiger partial charge in [0.2, 0.25) is 5.43 Å². The van der Waals surface area contributed by atoms with Crippen LogP contribution in [0.1, 0.15) is 29.0 Å². The van der Waals surface area contributed by atoms with E-state index < -0.39 is 17.1 Å². The largest absolute Gasteiger partial charge is 0.502 e. The molecule has 1 aliphatic rings. The molecule has 0 atom stereocenters. The zero-order chi connectivity index (χ0) is 16.9. The Balaban J connectivity index is 1.50. The Morgan fingerprint density at radius 1 is 1.33 bits per heavy atom. The molecule has 0 saturated carbocycles. The molecule has 0 aliphatic carbocycles. The number of carbonyl (C=O) groups is 1. The number of aromatic hydroxyl groups is 1. The van der Waals surface area contributed by atoms with Crippen molar-refractivity contribution in [2.24, 2.45) is 0 Å². The zero-order valence-corrected chi connectivity index (χ0v) is 13.3. The number of para-hydroxylation sites is 1. The molecule has 3 rings (SSSR count). The van der Waals surface area contributed by atoms with Gasteiger partial charge in [-0.1, -0.05) is 18.2 Å². The summed E-state index contributed by atoms with van der Waals surface area (Å²) in [4.78, 5) is 25.6. The number of nitrogens with zero attached hydrogens (tertiary/aromatic N) is 1. The van der Waals surface area contributed by atoms with Crippen LogP contribution in [0, 0.1) is 0 Å². The second-order valence-electron chi connectivity index (χ2n) is 5.82. The van der Waals surface area contributed by atoms with E-state index in [-0.39, 0.29) is 5.76 Å². The molecule has 6 heteroatoms. The van der Waals surface area contributed by atoms with Crippen molar-refractivity contribution in [2.45, 2.75) is 19.3 Å². The first-order valence-electron chi connectivity index (χ1n) is 8.08. The lowest BCUT2D eigenvalue weighted by atomic mass is 10.0. The molecule has 0 unspecified atom stereocenters. The lowest BCUT2D eigenvalue weighted by Gasteiger charge is -2.31. The molecular weight excluding hydrogens is 308 g/mol. The fourth-order valence-corrected chi connectivity index (χ4v) is 2.93. The summed E-state index contributed by atoms with van der Waals surface area (Å²) in [6.07, 6.45) is 3.93. The van der Waals surface area contributed by atoms with Gasteiger partial charge >= 0.3 is 0 Å². The lowest BCUT2D eigenvalue weighted by Crippen LogP contribution is -2.33. The molecule has 1 aromatic heterocycles. The fraction of sp³-hybridized carbons (Fsp3) is 0.333. The van der Waals surface area contributed by atoms with E-state index in [9.17, 15) is 9.59 Å². The highest BCUT2D eigenvalue weighted by atomic mass is 16.4. The van der Waals surface area contributed by atoms with Crippen LogP contribution < -0.4 is 15.6 Å². The predicted octanol–water partition coefficient (Wildman–Crippen LogP) is 1.92. The molecule has 2 N–H and O–H groups in total. The van der Waals surface area contributed by atoms with Gasteiger partial charge in [0, 0.05) is 31.4 Å². The molecule has 6 nitrogen and oxygen atoms in total. The minimum absolute atomic E-state index is 0.0962. The molecule has 24 heavy (non-hydrogen) atoms. The summed E-state index contributed by atoms with van der Waals surface area (Å²) in [7, 11) is 0. The zero-order valence-electron chi connectivity index (χ0n) is 13.3. The number of benzene rings is 1. The predicted molar refractivity (Wildman–Crippen MR) is 90.6 cm³/mol. The van der Waals surface area contributed by atoms with Gasteiger partial charge in [-0.05, 0) is 30.9 Å². The maximum atomic E-state index is 11.9. The molecule has 1 aliphatic heterocycles.